The molecule has 2 heterocycles. The largest absolute Gasteiger partial charge is 0.573 e. The van der Waals surface area contributed by atoms with Crippen molar-refractivity contribution in [1.82, 2.24) is 9.47 Å². The molecule has 2 aromatic carbocycles. The van der Waals surface area contributed by atoms with Crippen molar-refractivity contribution in [2.45, 2.75) is 19.3 Å². The molecule has 3 aromatic rings. The maximum absolute atomic E-state index is 12.7. The Morgan fingerprint density at radius 1 is 1.16 bits per heavy atom. The van der Waals surface area contributed by atoms with Crippen LogP contribution < -0.4 is 10.5 Å². The summed E-state index contributed by atoms with van der Waals surface area (Å²) >= 11 is 0. The standard InChI is InChI=1S/C22H21F3N2O5/c1-30-13-14-8-9-26(11-14)20(28)12-27-18-10-16(4-7-19(18)31-21(27)29)15-2-5-17(6-3-15)32-22(23,24)25/h2-7,10,14H,8-9,11-13H2,1H3/t14-/m0/s1. The zero-order valence-corrected chi connectivity index (χ0v) is 17.2. The van der Waals surface area contributed by atoms with Crippen molar-refractivity contribution in [3.63, 3.8) is 0 Å². The van der Waals surface area contributed by atoms with E-state index in [9.17, 15) is 22.8 Å². The number of likely N-dealkylation sites (tertiary alicyclic amines) is 1. The molecule has 0 N–H and O–H groups in total. The van der Waals surface area contributed by atoms with Gasteiger partial charge in [0.15, 0.2) is 5.58 Å². The van der Waals surface area contributed by atoms with Gasteiger partial charge in [0.2, 0.25) is 5.91 Å². The Morgan fingerprint density at radius 2 is 1.88 bits per heavy atom. The number of hydrogen-bond acceptors (Lipinski definition) is 5. The molecule has 1 atom stereocenters. The number of fused-ring (bicyclic) bond motifs is 1. The molecule has 1 aliphatic heterocycles. The van der Waals surface area contributed by atoms with E-state index >= 15 is 0 Å². The predicted molar refractivity (Wildman–Crippen MR) is 109 cm³/mol. The van der Waals surface area contributed by atoms with Crippen molar-refractivity contribution in [1.29, 1.82) is 0 Å². The van der Waals surface area contributed by atoms with E-state index in [2.05, 4.69) is 4.74 Å². The summed E-state index contributed by atoms with van der Waals surface area (Å²) in [6, 6.07) is 10.3. The van der Waals surface area contributed by atoms with E-state index in [0.717, 1.165) is 6.42 Å². The lowest BCUT2D eigenvalue weighted by atomic mass is 10.1. The second kappa shape index (κ2) is 8.70. The highest BCUT2D eigenvalue weighted by molar-refractivity contribution is 5.83. The van der Waals surface area contributed by atoms with Gasteiger partial charge in [0, 0.05) is 26.1 Å². The summed E-state index contributed by atoms with van der Waals surface area (Å²) in [7, 11) is 1.62. The van der Waals surface area contributed by atoms with E-state index in [0.29, 0.717) is 41.9 Å². The van der Waals surface area contributed by atoms with Gasteiger partial charge in [-0.1, -0.05) is 18.2 Å². The zero-order valence-electron chi connectivity index (χ0n) is 17.2. The molecule has 0 bridgehead atoms. The lowest BCUT2D eigenvalue weighted by Crippen LogP contribution is -2.34. The van der Waals surface area contributed by atoms with Gasteiger partial charge < -0.3 is 18.8 Å². The number of carbonyl (C=O) groups is 1. The normalized spacial score (nSPS) is 16.6. The molecule has 170 valence electrons. The first-order chi connectivity index (χ1) is 15.2. The van der Waals surface area contributed by atoms with Gasteiger partial charge in [-0.05, 0) is 41.8 Å². The number of halogens is 3. The fourth-order valence-corrected chi connectivity index (χ4v) is 3.91. The Kier molecular flexibility index (Phi) is 5.96. The van der Waals surface area contributed by atoms with E-state index in [1.807, 2.05) is 0 Å². The van der Waals surface area contributed by atoms with Crippen molar-refractivity contribution in [3.05, 3.63) is 53.0 Å². The first-order valence-electron chi connectivity index (χ1n) is 10.00. The van der Waals surface area contributed by atoms with Crippen molar-refractivity contribution in [3.8, 4) is 16.9 Å². The number of hydrogen-bond donors (Lipinski definition) is 0. The molecule has 1 aliphatic rings. The molecule has 4 rings (SSSR count). The molecule has 0 unspecified atom stereocenters. The van der Waals surface area contributed by atoms with E-state index in [-0.39, 0.29) is 24.1 Å². The van der Waals surface area contributed by atoms with Crippen LogP contribution in [0.5, 0.6) is 5.75 Å². The van der Waals surface area contributed by atoms with Crippen LogP contribution in [-0.2, 0) is 16.1 Å². The molecule has 7 nitrogen and oxygen atoms in total. The number of benzene rings is 2. The van der Waals surface area contributed by atoms with Crippen LogP contribution in [0.15, 0.2) is 51.7 Å². The van der Waals surface area contributed by atoms with Crippen molar-refractivity contribution in [2.24, 2.45) is 5.92 Å². The highest BCUT2D eigenvalue weighted by Crippen LogP contribution is 2.28. The van der Waals surface area contributed by atoms with Crippen LogP contribution in [0.2, 0.25) is 0 Å². The Balaban J connectivity index is 1.56. The first-order valence-corrected chi connectivity index (χ1v) is 10.00. The molecule has 1 fully saturated rings. The minimum atomic E-state index is -4.77. The summed E-state index contributed by atoms with van der Waals surface area (Å²) in [5, 5.41) is 0. The minimum Gasteiger partial charge on any atom is -0.408 e. The number of aromatic nitrogens is 1. The Morgan fingerprint density at radius 3 is 2.56 bits per heavy atom. The number of rotatable bonds is 6. The van der Waals surface area contributed by atoms with Crippen LogP contribution >= 0.6 is 0 Å². The van der Waals surface area contributed by atoms with Crippen LogP contribution in [0.1, 0.15) is 6.42 Å². The molecule has 0 aliphatic carbocycles. The highest BCUT2D eigenvalue weighted by Gasteiger charge is 2.31. The van der Waals surface area contributed by atoms with E-state index < -0.39 is 12.1 Å². The third-order valence-electron chi connectivity index (χ3n) is 5.42. The molecular formula is C22H21F3N2O5. The van der Waals surface area contributed by atoms with Gasteiger partial charge in [-0.25, -0.2) is 4.79 Å². The van der Waals surface area contributed by atoms with Gasteiger partial charge in [-0.15, -0.1) is 13.2 Å². The fraction of sp³-hybridized carbons (Fsp3) is 0.364. The number of methoxy groups -OCH3 is 1. The van der Waals surface area contributed by atoms with Gasteiger partial charge in [-0.2, -0.15) is 0 Å². The van der Waals surface area contributed by atoms with Crippen LogP contribution in [0.3, 0.4) is 0 Å². The van der Waals surface area contributed by atoms with Gasteiger partial charge in [0.1, 0.15) is 12.3 Å². The monoisotopic (exact) mass is 450 g/mol. The van der Waals surface area contributed by atoms with Crippen LogP contribution in [-0.4, -0.2) is 48.5 Å². The smallest absolute Gasteiger partial charge is 0.408 e. The quantitative estimate of drug-likeness (QED) is 0.573. The molecule has 32 heavy (non-hydrogen) atoms. The highest BCUT2D eigenvalue weighted by atomic mass is 19.4. The van der Waals surface area contributed by atoms with Crippen LogP contribution in [0, 0.1) is 5.92 Å². The summed E-state index contributed by atoms with van der Waals surface area (Å²) in [5.74, 6) is -0.886. The van der Waals surface area contributed by atoms with Crippen LogP contribution in [0.4, 0.5) is 13.2 Å². The van der Waals surface area contributed by atoms with Crippen molar-refractivity contribution >= 4 is 17.0 Å². The minimum absolute atomic E-state index is 0.159. The molecule has 1 amide bonds. The maximum Gasteiger partial charge on any atom is 0.573 e. The SMILES string of the molecule is COC[C@H]1CCN(C(=O)Cn2c(=O)oc3ccc(-c4ccc(OC(F)(F)F)cc4)cc32)C1. The number of alkyl halides is 3. The number of oxazole rings is 1. The number of nitrogens with zero attached hydrogens (tertiary/aromatic N) is 2. The fourth-order valence-electron chi connectivity index (χ4n) is 3.91. The summed E-state index contributed by atoms with van der Waals surface area (Å²) in [5.41, 5.74) is 2.03. The summed E-state index contributed by atoms with van der Waals surface area (Å²) in [4.78, 5) is 26.8. The average molecular weight is 450 g/mol. The second-order valence-corrected chi connectivity index (χ2v) is 7.66. The third-order valence-corrected chi connectivity index (χ3v) is 5.42. The second-order valence-electron chi connectivity index (χ2n) is 7.66. The Bertz CT molecular complexity index is 1170. The Labute approximate surface area is 180 Å². The topological polar surface area (TPSA) is 73.9 Å². The average Bonchev–Trinajstić information content (AvgIpc) is 3.32. The number of ether oxygens (including phenoxy) is 2. The summed E-state index contributed by atoms with van der Waals surface area (Å²) < 4.78 is 52.6. The van der Waals surface area contributed by atoms with Gasteiger partial charge in [0.25, 0.3) is 0 Å². The molecule has 10 heteroatoms. The lowest BCUT2D eigenvalue weighted by Gasteiger charge is -2.16. The van der Waals surface area contributed by atoms with Crippen molar-refractivity contribution in [2.75, 3.05) is 26.8 Å². The van der Waals surface area contributed by atoms with Crippen LogP contribution in [0.25, 0.3) is 22.2 Å². The third kappa shape index (κ3) is 4.80. The molecule has 0 saturated carbocycles. The van der Waals surface area contributed by atoms with E-state index in [1.54, 1.807) is 30.2 Å². The van der Waals surface area contributed by atoms with Gasteiger partial charge in [-0.3, -0.25) is 9.36 Å². The van der Waals surface area contributed by atoms with Gasteiger partial charge >= 0.3 is 12.1 Å². The first kappa shape index (κ1) is 21.9. The van der Waals surface area contributed by atoms with Crippen molar-refractivity contribution < 1.29 is 31.9 Å². The molecule has 0 spiro atoms. The van der Waals surface area contributed by atoms with Gasteiger partial charge in [0.05, 0.1) is 12.1 Å². The van der Waals surface area contributed by atoms with E-state index in [4.69, 9.17) is 9.15 Å². The maximum atomic E-state index is 12.7. The van der Waals surface area contributed by atoms with E-state index in [1.165, 1.54) is 28.8 Å². The molecule has 1 saturated heterocycles. The zero-order chi connectivity index (χ0) is 22.9. The predicted octanol–water partition coefficient (Wildman–Crippen LogP) is 3.66. The molecule has 1 aromatic heterocycles. The molecular weight excluding hydrogens is 429 g/mol. The summed E-state index contributed by atoms with van der Waals surface area (Å²) in [6.45, 7) is 1.60. The number of amides is 1. The summed E-state index contributed by atoms with van der Waals surface area (Å²) in [6.07, 6.45) is -3.92. The number of carbonyl (C=O) groups excluding carboxylic acids is 1. The lowest BCUT2D eigenvalue weighted by molar-refractivity contribution is -0.274. The molecule has 0 radical (unpaired) electrons. The Hall–Kier alpha value is -3.27.